The minimum Gasteiger partial charge on any atom is -0.478 e. The van der Waals surface area contributed by atoms with Crippen molar-refractivity contribution in [2.45, 2.75) is 0 Å². The Morgan fingerprint density at radius 1 is 1.32 bits per heavy atom. The van der Waals surface area contributed by atoms with Crippen molar-refractivity contribution in [1.82, 2.24) is 4.98 Å². The predicted molar refractivity (Wildman–Crippen MR) is 75.1 cm³/mol. The first-order valence-electron chi connectivity index (χ1n) is 5.44. The summed E-state index contributed by atoms with van der Waals surface area (Å²) in [4.78, 5) is 14.6. The van der Waals surface area contributed by atoms with Gasteiger partial charge in [-0.2, -0.15) is 0 Å². The fourth-order valence-corrected chi connectivity index (χ4v) is 1.80. The van der Waals surface area contributed by atoms with Crippen molar-refractivity contribution in [2.24, 2.45) is 0 Å². The SMILES string of the molecule is O=C(O)/C=C/c1cccnc1Oc1cccc(Br)c1. The molecule has 0 aliphatic heterocycles. The normalized spacial score (nSPS) is 10.6. The third-order valence-corrected chi connectivity index (χ3v) is 2.71. The summed E-state index contributed by atoms with van der Waals surface area (Å²) in [6, 6.07) is 10.8. The second-order valence-corrected chi connectivity index (χ2v) is 4.54. The van der Waals surface area contributed by atoms with Gasteiger partial charge in [0.05, 0.1) is 0 Å². The van der Waals surface area contributed by atoms with Crippen LogP contribution in [0.15, 0.2) is 53.1 Å². The Labute approximate surface area is 118 Å². The Morgan fingerprint density at radius 2 is 2.16 bits per heavy atom. The smallest absolute Gasteiger partial charge is 0.328 e. The topological polar surface area (TPSA) is 59.4 Å². The molecule has 1 aromatic heterocycles. The molecule has 5 heteroatoms. The highest BCUT2D eigenvalue weighted by molar-refractivity contribution is 9.10. The van der Waals surface area contributed by atoms with Crippen LogP contribution in [-0.2, 0) is 4.79 Å². The van der Waals surface area contributed by atoms with E-state index in [1.54, 1.807) is 30.5 Å². The van der Waals surface area contributed by atoms with Crippen LogP contribution in [0.1, 0.15) is 5.56 Å². The molecule has 4 nitrogen and oxygen atoms in total. The zero-order chi connectivity index (χ0) is 13.7. The van der Waals surface area contributed by atoms with Crippen LogP contribution in [0.25, 0.3) is 6.08 Å². The molecule has 96 valence electrons. The summed E-state index contributed by atoms with van der Waals surface area (Å²) >= 11 is 3.35. The van der Waals surface area contributed by atoms with Gasteiger partial charge >= 0.3 is 5.97 Å². The number of carboxylic acids is 1. The Hall–Kier alpha value is -2.14. The Balaban J connectivity index is 2.27. The number of aliphatic carboxylic acids is 1. The molecule has 0 radical (unpaired) electrons. The Morgan fingerprint density at radius 3 is 2.89 bits per heavy atom. The predicted octanol–water partition coefficient (Wildman–Crippen LogP) is 3.73. The molecule has 0 bridgehead atoms. The van der Waals surface area contributed by atoms with Crippen molar-refractivity contribution in [3.05, 3.63) is 58.7 Å². The summed E-state index contributed by atoms with van der Waals surface area (Å²) in [6.45, 7) is 0. The maximum atomic E-state index is 10.5. The van der Waals surface area contributed by atoms with E-state index < -0.39 is 5.97 Å². The molecule has 2 rings (SSSR count). The van der Waals surface area contributed by atoms with Gasteiger partial charge in [0.2, 0.25) is 5.88 Å². The summed E-state index contributed by atoms with van der Waals surface area (Å²) in [5.41, 5.74) is 0.602. The number of carboxylic acid groups (broad SMARTS) is 1. The molecule has 0 aliphatic carbocycles. The van der Waals surface area contributed by atoms with Crippen LogP contribution in [0, 0.1) is 0 Å². The lowest BCUT2D eigenvalue weighted by Crippen LogP contribution is -1.92. The average Bonchev–Trinajstić information content (AvgIpc) is 2.38. The summed E-state index contributed by atoms with van der Waals surface area (Å²) in [5.74, 6) is -0.0339. The number of hydrogen-bond acceptors (Lipinski definition) is 3. The third kappa shape index (κ3) is 3.93. The van der Waals surface area contributed by atoms with E-state index in [0.717, 1.165) is 10.5 Å². The molecular weight excluding hydrogens is 310 g/mol. The van der Waals surface area contributed by atoms with Crippen LogP contribution in [0.2, 0.25) is 0 Å². The van der Waals surface area contributed by atoms with Crippen LogP contribution >= 0.6 is 15.9 Å². The summed E-state index contributed by atoms with van der Waals surface area (Å²) in [5, 5.41) is 8.64. The van der Waals surface area contributed by atoms with Gasteiger partial charge in [-0.15, -0.1) is 0 Å². The number of ether oxygens (including phenoxy) is 1. The number of rotatable bonds is 4. The van der Waals surface area contributed by atoms with Crippen molar-refractivity contribution < 1.29 is 14.6 Å². The lowest BCUT2D eigenvalue weighted by atomic mass is 10.2. The van der Waals surface area contributed by atoms with Crippen molar-refractivity contribution in [3.63, 3.8) is 0 Å². The molecule has 2 aromatic rings. The molecule has 0 amide bonds. The highest BCUT2D eigenvalue weighted by Crippen LogP contribution is 2.25. The van der Waals surface area contributed by atoms with Gasteiger partial charge in [-0.3, -0.25) is 0 Å². The van der Waals surface area contributed by atoms with Crippen molar-refractivity contribution in [2.75, 3.05) is 0 Å². The molecule has 1 aromatic carbocycles. The van der Waals surface area contributed by atoms with E-state index in [1.807, 2.05) is 12.1 Å². The van der Waals surface area contributed by atoms with Gasteiger partial charge in [0.15, 0.2) is 0 Å². The van der Waals surface area contributed by atoms with Gasteiger partial charge in [0, 0.05) is 22.3 Å². The van der Waals surface area contributed by atoms with E-state index in [9.17, 15) is 4.79 Å². The van der Waals surface area contributed by atoms with Gasteiger partial charge in [-0.05, 0) is 36.4 Å². The molecule has 1 heterocycles. The first kappa shape index (κ1) is 13.3. The van der Waals surface area contributed by atoms with Crippen molar-refractivity contribution in [3.8, 4) is 11.6 Å². The number of benzene rings is 1. The molecular formula is C14H10BrNO3. The fourth-order valence-electron chi connectivity index (χ4n) is 1.42. The van der Waals surface area contributed by atoms with E-state index in [-0.39, 0.29) is 0 Å². The largest absolute Gasteiger partial charge is 0.478 e. The van der Waals surface area contributed by atoms with E-state index in [0.29, 0.717) is 17.2 Å². The molecule has 19 heavy (non-hydrogen) atoms. The number of aromatic nitrogens is 1. The van der Waals surface area contributed by atoms with Crippen molar-refractivity contribution >= 4 is 28.0 Å². The number of halogens is 1. The number of carbonyl (C=O) groups is 1. The second-order valence-electron chi connectivity index (χ2n) is 3.63. The standard InChI is InChI=1S/C14H10BrNO3/c15-11-4-1-5-12(9-11)19-14-10(3-2-8-16-14)6-7-13(17)18/h1-9H,(H,17,18)/b7-6+. The minimum atomic E-state index is -1.02. The monoisotopic (exact) mass is 319 g/mol. The highest BCUT2D eigenvalue weighted by Gasteiger charge is 2.04. The molecule has 0 saturated heterocycles. The van der Waals surface area contributed by atoms with Crippen molar-refractivity contribution in [1.29, 1.82) is 0 Å². The van der Waals surface area contributed by atoms with Crippen LogP contribution in [0.5, 0.6) is 11.6 Å². The molecule has 0 saturated carbocycles. The lowest BCUT2D eigenvalue weighted by Gasteiger charge is -2.07. The first-order valence-corrected chi connectivity index (χ1v) is 6.24. The fraction of sp³-hybridized carbons (Fsp3) is 0. The second kappa shape index (κ2) is 6.15. The van der Waals surface area contributed by atoms with Crippen LogP contribution in [0.3, 0.4) is 0 Å². The maximum absolute atomic E-state index is 10.5. The minimum absolute atomic E-state index is 0.359. The first-order chi connectivity index (χ1) is 9.15. The zero-order valence-electron chi connectivity index (χ0n) is 9.79. The molecule has 0 unspecified atom stereocenters. The van der Waals surface area contributed by atoms with E-state index in [2.05, 4.69) is 20.9 Å². The highest BCUT2D eigenvalue weighted by atomic mass is 79.9. The lowest BCUT2D eigenvalue weighted by molar-refractivity contribution is -0.131. The third-order valence-electron chi connectivity index (χ3n) is 2.22. The van der Waals surface area contributed by atoms with E-state index >= 15 is 0 Å². The molecule has 0 fully saturated rings. The maximum Gasteiger partial charge on any atom is 0.328 e. The Kier molecular flexibility index (Phi) is 4.30. The number of nitrogens with zero attached hydrogens (tertiary/aromatic N) is 1. The van der Waals surface area contributed by atoms with Crippen LogP contribution in [-0.4, -0.2) is 16.1 Å². The molecule has 0 atom stereocenters. The van der Waals surface area contributed by atoms with E-state index in [4.69, 9.17) is 9.84 Å². The van der Waals surface area contributed by atoms with E-state index in [1.165, 1.54) is 6.08 Å². The van der Waals surface area contributed by atoms with Gasteiger partial charge < -0.3 is 9.84 Å². The summed E-state index contributed by atoms with van der Waals surface area (Å²) in [7, 11) is 0. The number of pyridine rings is 1. The van der Waals surface area contributed by atoms with Crippen LogP contribution in [0.4, 0.5) is 0 Å². The summed E-state index contributed by atoms with van der Waals surface area (Å²) in [6.07, 6.45) is 4.08. The molecule has 0 aliphatic rings. The quantitative estimate of drug-likeness (QED) is 0.872. The molecule has 1 N–H and O–H groups in total. The zero-order valence-corrected chi connectivity index (χ0v) is 11.4. The molecule has 0 spiro atoms. The van der Waals surface area contributed by atoms with Gasteiger partial charge in [0.1, 0.15) is 5.75 Å². The average molecular weight is 320 g/mol. The summed E-state index contributed by atoms with van der Waals surface area (Å²) < 4.78 is 6.53. The van der Waals surface area contributed by atoms with Gasteiger partial charge in [0.25, 0.3) is 0 Å². The van der Waals surface area contributed by atoms with Gasteiger partial charge in [-0.1, -0.05) is 22.0 Å². The number of hydrogen-bond donors (Lipinski definition) is 1. The van der Waals surface area contributed by atoms with Gasteiger partial charge in [-0.25, -0.2) is 9.78 Å². The Bertz CT molecular complexity index is 626. The van der Waals surface area contributed by atoms with Crippen LogP contribution < -0.4 is 4.74 Å².